The minimum absolute atomic E-state index is 0. The summed E-state index contributed by atoms with van der Waals surface area (Å²) in [5, 5.41) is 14.7. The molecule has 2 aromatic rings. The molecule has 1 aliphatic heterocycles. The summed E-state index contributed by atoms with van der Waals surface area (Å²) in [7, 11) is 0. The molecule has 1 amide bonds. The number of hydrogen-bond donors (Lipinski definition) is 2. The van der Waals surface area contributed by atoms with Gasteiger partial charge in [-0.25, -0.2) is 0 Å². The maximum atomic E-state index is 12.7. The summed E-state index contributed by atoms with van der Waals surface area (Å²) >= 11 is 0. The van der Waals surface area contributed by atoms with Crippen molar-refractivity contribution < 1.29 is 9.72 Å². The summed E-state index contributed by atoms with van der Waals surface area (Å²) in [5.41, 5.74) is 6.99. The largest absolute Gasteiger partial charge is 0.371 e. The molecule has 1 saturated heterocycles. The van der Waals surface area contributed by atoms with E-state index in [2.05, 4.69) is 10.3 Å². The summed E-state index contributed by atoms with van der Waals surface area (Å²) in [6.45, 7) is 3.64. The number of halogens is 2. The van der Waals surface area contributed by atoms with Gasteiger partial charge in [0.25, 0.3) is 11.6 Å². The van der Waals surface area contributed by atoms with Crippen LogP contribution in [-0.4, -0.2) is 40.3 Å². The van der Waals surface area contributed by atoms with Gasteiger partial charge in [-0.15, -0.1) is 24.8 Å². The van der Waals surface area contributed by atoms with Crippen molar-refractivity contribution in [3.8, 4) is 0 Å². The first kappa shape index (κ1) is 24.6. The number of rotatable bonds is 6. The van der Waals surface area contributed by atoms with E-state index in [4.69, 9.17) is 5.73 Å². The Kier molecular flexibility index (Phi) is 9.29. The monoisotopic (exact) mass is 441 g/mol. The van der Waals surface area contributed by atoms with Crippen LogP contribution in [0.15, 0.2) is 42.6 Å². The second-order valence-corrected chi connectivity index (χ2v) is 6.75. The SMILES string of the molecule is CC(Nc1ccc(C(=O)N2CCC(CN)C2)cc1[N+](=O)[O-])c1ccccn1.Cl.Cl. The number of anilines is 1. The van der Waals surface area contributed by atoms with Gasteiger partial charge in [0.2, 0.25) is 0 Å². The number of carbonyl (C=O) groups excluding carboxylic acids is 1. The normalized spacial score (nSPS) is 16.3. The van der Waals surface area contributed by atoms with E-state index in [0.717, 1.165) is 12.1 Å². The molecule has 2 heterocycles. The predicted octanol–water partition coefficient (Wildman–Crippen LogP) is 3.43. The van der Waals surface area contributed by atoms with Crippen LogP contribution in [0, 0.1) is 16.0 Å². The van der Waals surface area contributed by atoms with Gasteiger partial charge in [-0.1, -0.05) is 6.07 Å². The first-order chi connectivity index (χ1) is 13.0. The number of hydrogen-bond acceptors (Lipinski definition) is 6. The molecule has 0 aliphatic carbocycles. The van der Waals surface area contributed by atoms with Crippen LogP contribution in [0.4, 0.5) is 11.4 Å². The molecule has 0 spiro atoms. The zero-order valence-corrected chi connectivity index (χ0v) is 17.6. The summed E-state index contributed by atoms with van der Waals surface area (Å²) in [6, 6.07) is 9.86. The van der Waals surface area contributed by atoms with Gasteiger partial charge in [-0.3, -0.25) is 19.9 Å². The van der Waals surface area contributed by atoms with Gasteiger partial charge in [0.1, 0.15) is 5.69 Å². The molecular weight excluding hydrogens is 417 g/mol. The van der Waals surface area contributed by atoms with Gasteiger partial charge in [0.05, 0.1) is 16.7 Å². The molecule has 0 radical (unpaired) electrons. The average Bonchev–Trinajstić information content (AvgIpc) is 3.17. The van der Waals surface area contributed by atoms with Crippen molar-refractivity contribution in [2.45, 2.75) is 19.4 Å². The highest BCUT2D eigenvalue weighted by Gasteiger charge is 2.27. The number of nitro benzene ring substituents is 1. The first-order valence-electron chi connectivity index (χ1n) is 8.95. The zero-order valence-electron chi connectivity index (χ0n) is 16.0. The molecule has 1 aromatic heterocycles. The number of likely N-dealkylation sites (tertiary alicyclic amines) is 1. The second kappa shape index (κ2) is 10.9. The molecule has 3 N–H and O–H groups in total. The van der Waals surface area contributed by atoms with E-state index >= 15 is 0 Å². The molecule has 2 unspecified atom stereocenters. The lowest BCUT2D eigenvalue weighted by molar-refractivity contribution is -0.384. The molecule has 0 bridgehead atoms. The summed E-state index contributed by atoms with van der Waals surface area (Å²) in [5.74, 6) is 0.0995. The van der Waals surface area contributed by atoms with Gasteiger partial charge in [-0.05, 0) is 50.1 Å². The van der Waals surface area contributed by atoms with Gasteiger partial charge < -0.3 is 16.0 Å². The number of benzene rings is 1. The van der Waals surface area contributed by atoms with Crippen LogP contribution in [-0.2, 0) is 0 Å². The van der Waals surface area contributed by atoms with Crippen molar-refractivity contribution in [1.82, 2.24) is 9.88 Å². The zero-order chi connectivity index (χ0) is 19.4. The Labute approximate surface area is 181 Å². The maximum absolute atomic E-state index is 12.7. The van der Waals surface area contributed by atoms with E-state index in [9.17, 15) is 14.9 Å². The number of amides is 1. The van der Waals surface area contributed by atoms with E-state index in [1.54, 1.807) is 23.2 Å². The third-order valence-corrected chi connectivity index (χ3v) is 4.85. The maximum Gasteiger partial charge on any atom is 0.293 e. The van der Waals surface area contributed by atoms with Crippen molar-refractivity contribution in [3.05, 3.63) is 64.0 Å². The molecule has 8 nitrogen and oxygen atoms in total. The van der Waals surface area contributed by atoms with E-state index < -0.39 is 4.92 Å². The number of nitrogens with one attached hydrogen (secondary N) is 1. The van der Waals surface area contributed by atoms with Crippen molar-refractivity contribution in [2.75, 3.05) is 25.0 Å². The van der Waals surface area contributed by atoms with Gasteiger partial charge >= 0.3 is 0 Å². The third-order valence-electron chi connectivity index (χ3n) is 4.85. The van der Waals surface area contributed by atoms with Crippen LogP contribution in [0.3, 0.4) is 0 Å². The van der Waals surface area contributed by atoms with E-state index in [1.807, 2.05) is 25.1 Å². The first-order valence-corrected chi connectivity index (χ1v) is 8.95. The predicted molar refractivity (Wildman–Crippen MR) is 117 cm³/mol. The topological polar surface area (TPSA) is 114 Å². The van der Waals surface area contributed by atoms with E-state index in [1.165, 1.54) is 6.07 Å². The number of carbonyl (C=O) groups is 1. The number of pyridine rings is 1. The molecule has 1 aliphatic rings. The Morgan fingerprint density at radius 2 is 2.14 bits per heavy atom. The van der Waals surface area contributed by atoms with Crippen molar-refractivity contribution >= 4 is 42.1 Å². The highest BCUT2D eigenvalue weighted by molar-refractivity contribution is 5.96. The molecular formula is C19H25Cl2N5O3. The smallest absolute Gasteiger partial charge is 0.293 e. The molecule has 10 heteroatoms. The lowest BCUT2D eigenvalue weighted by Gasteiger charge is -2.18. The van der Waals surface area contributed by atoms with E-state index in [0.29, 0.717) is 36.8 Å². The second-order valence-electron chi connectivity index (χ2n) is 6.75. The van der Waals surface area contributed by atoms with Gasteiger partial charge in [0.15, 0.2) is 0 Å². The molecule has 2 atom stereocenters. The minimum Gasteiger partial charge on any atom is -0.371 e. The van der Waals surface area contributed by atoms with Crippen LogP contribution in [0.25, 0.3) is 0 Å². The quantitative estimate of drug-likeness (QED) is 0.523. The summed E-state index contributed by atoms with van der Waals surface area (Å²) < 4.78 is 0. The van der Waals surface area contributed by atoms with Crippen molar-refractivity contribution in [1.29, 1.82) is 0 Å². The third kappa shape index (κ3) is 5.79. The fourth-order valence-corrected chi connectivity index (χ4v) is 3.27. The minimum atomic E-state index is -0.475. The molecule has 0 saturated carbocycles. The highest BCUT2D eigenvalue weighted by atomic mass is 35.5. The Morgan fingerprint density at radius 1 is 1.38 bits per heavy atom. The van der Waals surface area contributed by atoms with Gasteiger partial charge in [-0.2, -0.15) is 0 Å². The lowest BCUT2D eigenvalue weighted by Crippen LogP contribution is -2.29. The van der Waals surface area contributed by atoms with Crippen LogP contribution in [0.5, 0.6) is 0 Å². The van der Waals surface area contributed by atoms with Crippen LogP contribution in [0.2, 0.25) is 0 Å². The number of nitrogens with zero attached hydrogens (tertiary/aromatic N) is 3. The number of aromatic nitrogens is 1. The Bertz CT molecular complexity index is 838. The summed E-state index contributed by atoms with van der Waals surface area (Å²) in [6.07, 6.45) is 2.54. The highest BCUT2D eigenvalue weighted by Crippen LogP contribution is 2.30. The molecule has 3 rings (SSSR count). The molecule has 158 valence electrons. The number of nitro groups is 1. The van der Waals surface area contributed by atoms with Gasteiger partial charge in [0, 0.05) is 30.9 Å². The van der Waals surface area contributed by atoms with E-state index in [-0.39, 0.29) is 42.5 Å². The molecule has 1 fully saturated rings. The van der Waals surface area contributed by atoms with Crippen molar-refractivity contribution in [3.63, 3.8) is 0 Å². The standard InChI is InChI=1S/C19H23N5O3.2ClH/c1-13(16-4-2-3-8-21-16)22-17-6-5-15(10-18(17)24(26)27)19(25)23-9-7-14(11-20)12-23;;/h2-6,8,10,13-14,22H,7,9,11-12,20H2,1H3;2*1H. The van der Waals surface area contributed by atoms with Crippen molar-refractivity contribution in [2.24, 2.45) is 11.7 Å². The Hall–Kier alpha value is -2.42. The molecule has 29 heavy (non-hydrogen) atoms. The van der Waals surface area contributed by atoms with Crippen LogP contribution < -0.4 is 11.1 Å². The van der Waals surface area contributed by atoms with Crippen LogP contribution in [0.1, 0.15) is 35.4 Å². The Balaban J connectivity index is 0.00000210. The lowest BCUT2D eigenvalue weighted by atomic mass is 10.1. The average molecular weight is 442 g/mol. The number of nitrogens with two attached hydrogens (primary N) is 1. The Morgan fingerprint density at radius 3 is 2.72 bits per heavy atom. The molecule has 1 aromatic carbocycles. The van der Waals surface area contributed by atoms with Crippen LogP contribution >= 0.6 is 24.8 Å². The fourth-order valence-electron chi connectivity index (χ4n) is 3.27. The fraction of sp³-hybridized carbons (Fsp3) is 0.368. The summed E-state index contributed by atoms with van der Waals surface area (Å²) in [4.78, 5) is 29.7.